The lowest BCUT2D eigenvalue weighted by atomic mass is 9.98. The lowest BCUT2D eigenvalue weighted by molar-refractivity contribution is -0.169. The molecule has 40 heavy (non-hydrogen) atoms. The first-order valence-corrected chi connectivity index (χ1v) is 13.7. The van der Waals surface area contributed by atoms with Gasteiger partial charge in [-0.2, -0.15) is 0 Å². The molecule has 11 nitrogen and oxygen atoms in total. The summed E-state index contributed by atoms with van der Waals surface area (Å²) >= 11 is 0. The highest BCUT2D eigenvalue weighted by molar-refractivity contribution is 5.76. The summed E-state index contributed by atoms with van der Waals surface area (Å²) in [6.45, 7) is 16.0. The van der Waals surface area contributed by atoms with E-state index in [9.17, 15) is 19.2 Å². The number of ether oxygens (including phenoxy) is 6. The monoisotopic (exact) mass is 567 g/mol. The summed E-state index contributed by atoms with van der Waals surface area (Å²) in [4.78, 5) is 49.3. The van der Waals surface area contributed by atoms with Gasteiger partial charge in [0, 0.05) is 0 Å². The highest BCUT2D eigenvalue weighted by atomic mass is 16.7. The first kappa shape index (κ1) is 34.7. The predicted octanol–water partition coefficient (Wildman–Crippen LogP) is 5.34. The van der Waals surface area contributed by atoms with E-state index in [1.54, 1.807) is 40.7 Å². The molecule has 11 heteroatoms. The van der Waals surface area contributed by atoms with Gasteiger partial charge < -0.3 is 34.2 Å². The normalized spacial score (nSPS) is 15.6. The first-order valence-electron chi connectivity index (χ1n) is 13.7. The van der Waals surface area contributed by atoms with E-state index >= 15 is 0 Å². The Bertz CT molecular complexity index is 995. The van der Waals surface area contributed by atoms with Crippen LogP contribution >= 0.6 is 0 Å². The highest BCUT2D eigenvalue weighted by Crippen LogP contribution is 2.30. The molecule has 1 aromatic rings. The van der Waals surface area contributed by atoms with Crippen molar-refractivity contribution in [1.82, 2.24) is 0 Å². The molecule has 6 atom stereocenters. The van der Waals surface area contributed by atoms with Crippen LogP contribution in [-0.2, 0) is 35.0 Å². The molecule has 0 amide bonds. The molecule has 0 fully saturated rings. The Kier molecular flexibility index (Phi) is 14.5. The fraction of sp³-hybridized carbons (Fsp3) is 0.655. The SMILES string of the molecule is CCC(C)OC(=O)Oc1cc(C[C@H](N)C(=O)OC(C)C(C)OC(=O)C(C)C(C)C)ccc1OC(=O)O[C@@H](C)CC. The van der Waals surface area contributed by atoms with Gasteiger partial charge in [-0.3, -0.25) is 9.59 Å². The van der Waals surface area contributed by atoms with Crippen LogP contribution in [0.5, 0.6) is 11.5 Å². The molecule has 2 N–H and O–H groups in total. The summed E-state index contributed by atoms with van der Waals surface area (Å²) in [6.07, 6.45) is -2.95. The number of nitrogens with two attached hydrogens (primary N) is 1. The third-order valence-corrected chi connectivity index (χ3v) is 6.53. The smallest absolute Gasteiger partial charge is 0.459 e. The van der Waals surface area contributed by atoms with Crippen LogP contribution in [0.3, 0.4) is 0 Å². The zero-order valence-electron chi connectivity index (χ0n) is 25.1. The van der Waals surface area contributed by atoms with Crippen LogP contribution in [0, 0.1) is 11.8 Å². The van der Waals surface area contributed by atoms with E-state index in [1.807, 2.05) is 27.7 Å². The van der Waals surface area contributed by atoms with Gasteiger partial charge in [-0.1, -0.05) is 40.7 Å². The molecule has 0 saturated heterocycles. The minimum absolute atomic E-state index is 0.0124. The van der Waals surface area contributed by atoms with Gasteiger partial charge in [0.25, 0.3) is 0 Å². The molecule has 1 aromatic carbocycles. The van der Waals surface area contributed by atoms with Crippen LogP contribution < -0.4 is 15.2 Å². The molecule has 1 rings (SSSR count). The minimum Gasteiger partial charge on any atom is -0.459 e. The fourth-order valence-electron chi connectivity index (χ4n) is 2.93. The minimum atomic E-state index is -1.08. The van der Waals surface area contributed by atoms with Gasteiger partial charge in [-0.15, -0.1) is 0 Å². The van der Waals surface area contributed by atoms with Crippen LogP contribution in [0.25, 0.3) is 0 Å². The summed E-state index contributed by atoms with van der Waals surface area (Å²) in [5.74, 6) is -1.45. The Morgan fingerprint density at radius 1 is 0.700 bits per heavy atom. The van der Waals surface area contributed by atoms with Crippen molar-refractivity contribution >= 4 is 24.2 Å². The maximum absolute atomic E-state index is 12.7. The maximum Gasteiger partial charge on any atom is 0.514 e. The van der Waals surface area contributed by atoms with Gasteiger partial charge in [0.1, 0.15) is 30.5 Å². The van der Waals surface area contributed by atoms with Crippen molar-refractivity contribution in [3.63, 3.8) is 0 Å². The van der Waals surface area contributed by atoms with E-state index < -0.39 is 42.6 Å². The molecule has 0 aromatic heterocycles. The summed E-state index contributed by atoms with van der Waals surface area (Å²) in [7, 11) is 0. The van der Waals surface area contributed by atoms with Gasteiger partial charge in [0.15, 0.2) is 11.5 Å². The van der Waals surface area contributed by atoms with E-state index in [4.69, 9.17) is 34.2 Å². The van der Waals surface area contributed by atoms with Crippen LogP contribution in [0.1, 0.15) is 80.7 Å². The molecule has 0 aliphatic heterocycles. The molecule has 0 saturated carbocycles. The van der Waals surface area contributed by atoms with Crippen molar-refractivity contribution in [2.24, 2.45) is 17.6 Å². The topological polar surface area (TPSA) is 150 Å². The number of carbonyl (C=O) groups is 4. The van der Waals surface area contributed by atoms with E-state index in [2.05, 4.69) is 0 Å². The molecule has 0 aliphatic carbocycles. The van der Waals surface area contributed by atoms with E-state index in [1.165, 1.54) is 12.1 Å². The van der Waals surface area contributed by atoms with Crippen LogP contribution in [0.2, 0.25) is 0 Å². The van der Waals surface area contributed by atoms with E-state index in [-0.39, 0.29) is 41.8 Å². The van der Waals surface area contributed by atoms with Gasteiger partial charge >= 0.3 is 24.2 Å². The second kappa shape index (κ2) is 16.7. The lowest BCUT2D eigenvalue weighted by Gasteiger charge is -2.24. The largest absolute Gasteiger partial charge is 0.514 e. The van der Waals surface area contributed by atoms with Crippen molar-refractivity contribution in [1.29, 1.82) is 0 Å². The second-order valence-corrected chi connectivity index (χ2v) is 10.3. The van der Waals surface area contributed by atoms with E-state index in [0.717, 1.165) is 0 Å². The molecule has 0 heterocycles. The quantitative estimate of drug-likeness (QED) is 0.176. The molecule has 0 radical (unpaired) electrons. The molecule has 0 spiro atoms. The molecule has 0 bridgehead atoms. The first-order chi connectivity index (χ1) is 18.7. The number of esters is 2. The number of carbonyl (C=O) groups excluding carboxylic acids is 4. The number of hydrogen-bond acceptors (Lipinski definition) is 11. The standard InChI is InChI=1S/C29H45NO10/c1-10-17(5)35-28(33)39-24-13-12-22(15-25(24)40-29(34)36-18(6)11-2)14-23(30)27(32)38-21(9)20(8)37-26(31)19(7)16(3)4/h12-13,15-21,23H,10-11,14,30H2,1-9H3/t17-,18?,19?,20?,21?,23-/m0/s1. The predicted molar refractivity (Wildman–Crippen MR) is 147 cm³/mol. The Labute approximate surface area is 236 Å². The third-order valence-electron chi connectivity index (χ3n) is 6.53. The zero-order valence-corrected chi connectivity index (χ0v) is 25.1. The van der Waals surface area contributed by atoms with Gasteiger partial charge in [-0.25, -0.2) is 9.59 Å². The van der Waals surface area contributed by atoms with Crippen LogP contribution in [0.15, 0.2) is 18.2 Å². The third kappa shape index (κ3) is 11.8. The zero-order chi connectivity index (χ0) is 30.6. The number of hydrogen-bond donors (Lipinski definition) is 1. The molecule has 4 unspecified atom stereocenters. The summed E-state index contributed by atoms with van der Waals surface area (Å²) < 4.78 is 31.7. The molecule has 226 valence electrons. The Balaban J connectivity index is 2.96. The maximum atomic E-state index is 12.7. The average molecular weight is 568 g/mol. The fourth-order valence-corrected chi connectivity index (χ4v) is 2.93. The Morgan fingerprint density at radius 3 is 1.65 bits per heavy atom. The number of benzene rings is 1. The summed E-state index contributed by atoms with van der Waals surface area (Å²) in [5, 5.41) is 0. The van der Waals surface area contributed by atoms with Crippen molar-refractivity contribution in [3.8, 4) is 11.5 Å². The van der Waals surface area contributed by atoms with Gasteiger partial charge in [-0.05, 0) is 70.6 Å². The summed E-state index contributed by atoms with van der Waals surface area (Å²) in [5.41, 5.74) is 6.59. The molecular weight excluding hydrogens is 522 g/mol. The van der Waals surface area contributed by atoms with Crippen LogP contribution in [0.4, 0.5) is 9.59 Å². The highest BCUT2D eigenvalue weighted by Gasteiger charge is 2.27. The van der Waals surface area contributed by atoms with Crippen LogP contribution in [-0.4, -0.2) is 54.7 Å². The van der Waals surface area contributed by atoms with Crippen molar-refractivity contribution in [2.45, 2.75) is 112 Å². The average Bonchev–Trinajstić information content (AvgIpc) is 2.88. The van der Waals surface area contributed by atoms with Gasteiger partial charge in [0.05, 0.1) is 5.92 Å². The molecule has 0 aliphatic rings. The van der Waals surface area contributed by atoms with E-state index in [0.29, 0.717) is 18.4 Å². The van der Waals surface area contributed by atoms with Crippen molar-refractivity contribution < 1.29 is 47.6 Å². The Morgan fingerprint density at radius 2 is 1.18 bits per heavy atom. The number of rotatable bonds is 14. The van der Waals surface area contributed by atoms with Gasteiger partial charge in [0.2, 0.25) is 0 Å². The second-order valence-electron chi connectivity index (χ2n) is 10.3. The molecular formula is C29H45NO10. The Hall–Kier alpha value is -3.34. The van der Waals surface area contributed by atoms with Crippen molar-refractivity contribution in [3.05, 3.63) is 23.8 Å². The lowest BCUT2D eigenvalue weighted by Crippen LogP contribution is -2.40. The summed E-state index contributed by atoms with van der Waals surface area (Å²) in [6, 6.07) is 3.30. The van der Waals surface area contributed by atoms with Crippen molar-refractivity contribution in [2.75, 3.05) is 0 Å².